The first-order valence-electron chi connectivity index (χ1n) is 8.08. The fourth-order valence-corrected chi connectivity index (χ4v) is 4.14. The quantitative estimate of drug-likeness (QED) is 0.837. The molecule has 5 heteroatoms. The molecule has 0 unspecified atom stereocenters. The van der Waals surface area contributed by atoms with Crippen molar-refractivity contribution in [1.29, 1.82) is 0 Å². The van der Waals surface area contributed by atoms with Crippen LogP contribution in [0.3, 0.4) is 0 Å². The van der Waals surface area contributed by atoms with Crippen molar-refractivity contribution in [2.45, 2.75) is 63.7 Å². The maximum absolute atomic E-state index is 5.54. The summed E-state index contributed by atoms with van der Waals surface area (Å²) in [5, 5.41) is 7.50. The van der Waals surface area contributed by atoms with Gasteiger partial charge in [-0.3, -0.25) is 4.90 Å². The standard InChI is InChI=1S/C16H25N3OS/c1-2-17-16(21)18-12-9-13-5-3-6-14(10-12)19(13)11-15-7-4-8-20-15/h4,7-8,12-14H,2-3,5-6,9-11H2,1H3,(H2,17,18,21)/t13-,14-/m0/s1. The highest BCUT2D eigenvalue weighted by molar-refractivity contribution is 7.80. The third-order valence-corrected chi connectivity index (χ3v) is 4.98. The van der Waals surface area contributed by atoms with Crippen molar-refractivity contribution in [3.8, 4) is 0 Å². The third kappa shape index (κ3) is 3.58. The van der Waals surface area contributed by atoms with Crippen molar-refractivity contribution in [2.24, 2.45) is 0 Å². The first kappa shape index (κ1) is 14.9. The van der Waals surface area contributed by atoms with Crippen LogP contribution in [0.15, 0.2) is 22.8 Å². The van der Waals surface area contributed by atoms with Gasteiger partial charge in [0.1, 0.15) is 5.76 Å². The molecule has 2 aliphatic rings. The van der Waals surface area contributed by atoms with E-state index in [-0.39, 0.29) is 0 Å². The van der Waals surface area contributed by atoms with Crippen LogP contribution in [0.2, 0.25) is 0 Å². The van der Waals surface area contributed by atoms with Crippen LogP contribution >= 0.6 is 12.2 Å². The molecule has 0 aromatic carbocycles. The molecule has 1 aromatic heterocycles. The van der Waals surface area contributed by atoms with E-state index >= 15 is 0 Å². The van der Waals surface area contributed by atoms with E-state index in [0.29, 0.717) is 18.1 Å². The summed E-state index contributed by atoms with van der Waals surface area (Å²) in [5.41, 5.74) is 0. The molecule has 1 aromatic rings. The van der Waals surface area contributed by atoms with E-state index in [0.717, 1.165) is 24.0 Å². The Morgan fingerprint density at radius 2 is 2.14 bits per heavy atom. The van der Waals surface area contributed by atoms with Crippen molar-refractivity contribution in [1.82, 2.24) is 15.5 Å². The average molecular weight is 307 g/mol. The molecule has 0 spiro atoms. The lowest BCUT2D eigenvalue weighted by molar-refractivity contribution is 0.0160. The molecule has 21 heavy (non-hydrogen) atoms. The second-order valence-corrected chi connectivity index (χ2v) is 6.57. The molecule has 2 atom stereocenters. The van der Waals surface area contributed by atoms with Gasteiger partial charge in [0.25, 0.3) is 0 Å². The molecule has 2 N–H and O–H groups in total. The minimum absolute atomic E-state index is 0.514. The maximum atomic E-state index is 5.54. The molecule has 2 aliphatic heterocycles. The van der Waals surface area contributed by atoms with Gasteiger partial charge in [0.05, 0.1) is 12.8 Å². The highest BCUT2D eigenvalue weighted by atomic mass is 32.1. The van der Waals surface area contributed by atoms with Crippen LogP contribution in [0.4, 0.5) is 0 Å². The summed E-state index contributed by atoms with van der Waals surface area (Å²) in [5.74, 6) is 1.08. The van der Waals surface area contributed by atoms with Crippen molar-refractivity contribution >= 4 is 17.3 Å². The van der Waals surface area contributed by atoms with Gasteiger partial charge in [-0.2, -0.15) is 0 Å². The fraction of sp³-hybridized carbons (Fsp3) is 0.688. The summed E-state index contributed by atoms with van der Waals surface area (Å²) in [4.78, 5) is 2.65. The molecule has 0 radical (unpaired) electrons. The number of furan rings is 1. The molecule has 0 aliphatic carbocycles. The number of rotatable bonds is 4. The Morgan fingerprint density at radius 3 is 2.76 bits per heavy atom. The fourth-order valence-electron chi connectivity index (χ4n) is 3.83. The highest BCUT2D eigenvalue weighted by Crippen LogP contribution is 2.35. The van der Waals surface area contributed by atoms with E-state index in [1.54, 1.807) is 6.26 Å². The Bertz CT molecular complexity index is 448. The Balaban J connectivity index is 1.61. The number of thiocarbonyl (C=S) groups is 1. The summed E-state index contributed by atoms with van der Waals surface area (Å²) in [6.07, 6.45) is 8.08. The minimum Gasteiger partial charge on any atom is -0.468 e. The van der Waals surface area contributed by atoms with E-state index in [2.05, 4.69) is 28.5 Å². The van der Waals surface area contributed by atoms with Crippen LogP contribution in [-0.4, -0.2) is 34.7 Å². The van der Waals surface area contributed by atoms with Crippen LogP contribution in [0.1, 0.15) is 44.8 Å². The van der Waals surface area contributed by atoms with Crippen molar-refractivity contribution in [2.75, 3.05) is 6.54 Å². The smallest absolute Gasteiger partial charge is 0.166 e. The summed E-state index contributed by atoms with van der Waals surface area (Å²) in [7, 11) is 0. The van der Waals surface area contributed by atoms with Gasteiger partial charge < -0.3 is 15.1 Å². The molecule has 4 nitrogen and oxygen atoms in total. The Labute approximate surface area is 132 Å². The van der Waals surface area contributed by atoms with E-state index in [1.165, 1.54) is 32.1 Å². The monoisotopic (exact) mass is 307 g/mol. The molecule has 3 heterocycles. The molecule has 0 amide bonds. The molecule has 3 rings (SSSR count). The van der Waals surface area contributed by atoms with Crippen molar-refractivity contribution < 1.29 is 4.42 Å². The lowest BCUT2D eigenvalue weighted by atomic mass is 9.81. The molecular weight excluding hydrogens is 282 g/mol. The summed E-state index contributed by atoms with van der Waals surface area (Å²) in [6.45, 7) is 3.91. The van der Waals surface area contributed by atoms with Gasteiger partial charge in [-0.15, -0.1) is 0 Å². The summed E-state index contributed by atoms with van der Waals surface area (Å²) >= 11 is 5.34. The van der Waals surface area contributed by atoms with Gasteiger partial charge in [0.15, 0.2) is 5.11 Å². The van der Waals surface area contributed by atoms with E-state index < -0.39 is 0 Å². The third-order valence-electron chi connectivity index (χ3n) is 4.72. The van der Waals surface area contributed by atoms with Crippen LogP contribution in [0, 0.1) is 0 Å². The Kier molecular flexibility index (Phi) is 4.80. The first-order valence-corrected chi connectivity index (χ1v) is 8.49. The summed E-state index contributed by atoms with van der Waals surface area (Å²) < 4.78 is 5.54. The van der Waals surface area contributed by atoms with Crippen molar-refractivity contribution in [3.05, 3.63) is 24.2 Å². The zero-order valence-corrected chi connectivity index (χ0v) is 13.5. The second kappa shape index (κ2) is 6.79. The van der Waals surface area contributed by atoms with Crippen LogP contribution in [-0.2, 0) is 6.54 Å². The zero-order valence-electron chi connectivity index (χ0n) is 12.7. The second-order valence-electron chi connectivity index (χ2n) is 6.16. The first-order chi connectivity index (χ1) is 10.3. The lowest BCUT2D eigenvalue weighted by Gasteiger charge is -2.48. The number of nitrogens with one attached hydrogen (secondary N) is 2. The lowest BCUT2D eigenvalue weighted by Crippen LogP contribution is -2.57. The molecule has 116 valence electrons. The number of hydrogen-bond acceptors (Lipinski definition) is 3. The molecule has 0 saturated carbocycles. The summed E-state index contributed by atoms with van der Waals surface area (Å²) in [6, 6.07) is 5.89. The van der Waals surface area contributed by atoms with Gasteiger partial charge in [-0.1, -0.05) is 6.42 Å². The van der Waals surface area contributed by atoms with E-state index in [4.69, 9.17) is 16.6 Å². The van der Waals surface area contributed by atoms with Gasteiger partial charge in [0.2, 0.25) is 0 Å². The average Bonchev–Trinajstić information content (AvgIpc) is 2.93. The van der Waals surface area contributed by atoms with Crippen LogP contribution in [0.25, 0.3) is 0 Å². The van der Waals surface area contributed by atoms with E-state index in [1.807, 2.05) is 6.07 Å². The van der Waals surface area contributed by atoms with Gasteiger partial charge in [0, 0.05) is 24.7 Å². The number of piperidine rings is 2. The topological polar surface area (TPSA) is 40.4 Å². The van der Waals surface area contributed by atoms with Gasteiger partial charge >= 0.3 is 0 Å². The highest BCUT2D eigenvalue weighted by Gasteiger charge is 2.38. The predicted molar refractivity (Wildman–Crippen MR) is 88.1 cm³/mol. The molecule has 2 fully saturated rings. The number of hydrogen-bond donors (Lipinski definition) is 2. The normalized spacial score (nSPS) is 29.1. The number of fused-ring (bicyclic) bond motifs is 2. The van der Waals surface area contributed by atoms with Crippen LogP contribution in [0.5, 0.6) is 0 Å². The zero-order chi connectivity index (χ0) is 14.7. The number of nitrogens with zero attached hydrogens (tertiary/aromatic N) is 1. The SMILES string of the molecule is CCNC(=S)NC1C[C@@H]2CCC[C@@H](C1)N2Cc1ccco1. The molecule has 2 saturated heterocycles. The Morgan fingerprint density at radius 1 is 1.38 bits per heavy atom. The maximum Gasteiger partial charge on any atom is 0.166 e. The molecule has 2 bridgehead atoms. The van der Waals surface area contributed by atoms with Gasteiger partial charge in [-0.05, 0) is 57.0 Å². The van der Waals surface area contributed by atoms with Crippen LogP contribution < -0.4 is 10.6 Å². The predicted octanol–water partition coefficient (Wildman–Crippen LogP) is 2.65. The van der Waals surface area contributed by atoms with Gasteiger partial charge in [-0.25, -0.2) is 0 Å². The minimum atomic E-state index is 0.514. The largest absolute Gasteiger partial charge is 0.468 e. The molecular formula is C16H25N3OS. The van der Waals surface area contributed by atoms with Crippen molar-refractivity contribution in [3.63, 3.8) is 0 Å². The van der Waals surface area contributed by atoms with E-state index in [9.17, 15) is 0 Å². The Hall–Kier alpha value is -1.07.